The lowest BCUT2D eigenvalue weighted by atomic mass is 9.68. The van der Waals surface area contributed by atoms with Crippen molar-refractivity contribution in [3.8, 4) is 0 Å². The Balaban J connectivity index is 0.790. The molecular weight excluding hydrogens is 1800 g/mol. The monoisotopic (exact) mass is 1920 g/mol. The fraction of sp³-hybridized carbons (Fsp3) is 0.934. The molecule has 10 aliphatic heterocycles. The lowest BCUT2D eigenvalue weighted by molar-refractivity contribution is -0.506. The van der Waals surface area contributed by atoms with Crippen molar-refractivity contribution in [3.05, 3.63) is 0 Å². The molecule has 31 N–H and O–H groups in total. The van der Waals surface area contributed by atoms with Crippen LogP contribution in [0.25, 0.3) is 0 Å². The van der Waals surface area contributed by atoms with E-state index in [1.54, 1.807) is 0 Å². The van der Waals surface area contributed by atoms with Gasteiger partial charge in [0.2, 0.25) is 23.6 Å². The third-order valence-electron chi connectivity index (χ3n) is 26.1. The van der Waals surface area contributed by atoms with Gasteiger partial charge in [0.25, 0.3) is 6.47 Å². The van der Waals surface area contributed by atoms with Crippen molar-refractivity contribution in [1.29, 1.82) is 0 Å². The first-order valence-electron chi connectivity index (χ1n) is 42.9. The SMILES string of the molecule is CC(=O)NC1C(O)[C@H](O[C@@H]2OC3CC(O)(O[C@]4(OC=O)C[C@@H](O)[C@@H](C)C([C@H](O)[C@H](O)CO)O4)[C@@H]3[C@H](O)C2O)[C@H](CO)O[C@H]1OCCC1[C@@H](OCC2O[C@@H](O[C@@H]3C(CO)O[C@@H](O[C@@H]4C(CO)O[C@@H](C)C(NC(C)=O)[C@H]4O)C(NC(C)=O)[C@H]3O)C(O)[C@@H](O[C@H]3OC(CO)[C@@H](O)C(O)C3O[C@@H]3OC(CO)[C@@H](O[C@@H]4OC5[C@@H]([C@H](O)C4O)C5(O)O)[C@H](O)C3NC(C)=O)[C@@H]2O)OC(CO)[C@@H](O)[C@@H]1O. The minimum atomic E-state index is -2.75. The van der Waals surface area contributed by atoms with E-state index in [-0.39, 0.29) is 6.47 Å². The van der Waals surface area contributed by atoms with Crippen LogP contribution >= 0.6 is 0 Å². The van der Waals surface area contributed by atoms with Crippen LogP contribution in [-0.4, -0.2) is 527 Å². The molecule has 10 saturated heterocycles. The topological polar surface area (TPSA) is 864 Å². The van der Waals surface area contributed by atoms with Gasteiger partial charge in [0.1, 0.15) is 183 Å². The summed E-state index contributed by atoms with van der Waals surface area (Å²) in [5, 5.41) is 314. The van der Waals surface area contributed by atoms with Crippen LogP contribution in [0.5, 0.6) is 0 Å². The van der Waals surface area contributed by atoms with Crippen molar-refractivity contribution in [2.24, 2.45) is 23.7 Å². The summed E-state index contributed by atoms with van der Waals surface area (Å²) >= 11 is 0. The van der Waals surface area contributed by atoms with Crippen LogP contribution in [0, 0.1) is 23.7 Å². The molecule has 0 spiro atoms. The summed E-state index contributed by atoms with van der Waals surface area (Å²) < 4.78 is 119. The molecule has 760 valence electrons. The van der Waals surface area contributed by atoms with Gasteiger partial charge in [-0.1, -0.05) is 6.92 Å². The average molecular weight is 1930 g/mol. The summed E-state index contributed by atoms with van der Waals surface area (Å²) in [6.45, 7) is -2.49. The Morgan fingerprint density at radius 3 is 1.33 bits per heavy atom. The standard InChI is InChI=1S/C76H124N4O52/c1-20-27(93)9-75(115-19-88,131-58(20)44(96)28(94)11-81)132-74(110)10-29-37(74)48(100)55(107)70(117-29)125-60-33(15-85)120-67(40(51(60)103)78-23(4)90)113-8-7-26-43(95)45(97)30(12-82)118-66(26)114-18-36-47(99)63(57(109)72(123-36)127-62-35(17-87)121-68(41(52(62)104)79-24(5)91)124-59-32(14-84)116-21(2)39(50(59)102)77-22(3)89)128-73-64(54(106)46(98)31(13-83)119-73)129-69-42(80-25(6)92)53(105)61(34(16-86)122-69)126-71-56(108)49(101)38-65(130-71)76(38,111)112/h19-21,26-73,81-87,93-112H,7-18H2,1-6H3,(H,77,89)(H,78,90)(H,79,91)(H,80,92)/t20-,21+,26?,27-,28-,29?,30?,31?,32?,33+,34?,35?,36?,37+,38-,39?,40?,41?,42?,43-,44-,45-,46-,47-,48+,49+,50-,51?,52-,53-,54?,55?,56?,57?,58?,59-,60-,61-,62-,63+,64?,65?,66+,67-,68+,69+,70+,71-,72+,73-,74?,75+/m1/s1. The first-order valence-corrected chi connectivity index (χ1v) is 42.9. The highest BCUT2D eigenvalue weighted by molar-refractivity contribution is 5.74. The number of hydrogen-bond donors (Lipinski definition) is 31. The molecule has 12 rings (SSSR count). The summed E-state index contributed by atoms with van der Waals surface area (Å²) in [5.74, 6) is -17.1. The summed E-state index contributed by atoms with van der Waals surface area (Å²) in [6.07, 6.45) is -84.2. The molecule has 56 nitrogen and oxygen atoms in total. The fourth-order valence-electron chi connectivity index (χ4n) is 18.9. The van der Waals surface area contributed by atoms with Gasteiger partial charge >= 0.3 is 5.97 Å². The molecule has 0 aromatic rings. The lowest BCUT2D eigenvalue weighted by Gasteiger charge is -2.59. The quantitative estimate of drug-likeness (QED) is 0.0205. The molecule has 52 atom stereocenters. The van der Waals surface area contributed by atoms with Gasteiger partial charge in [0.05, 0.1) is 126 Å². The van der Waals surface area contributed by atoms with Crippen LogP contribution in [0.4, 0.5) is 0 Å². The first-order chi connectivity index (χ1) is 62.3. The van der Waals surface area contributed by atoms with Crippen molar-refractivity contribution >= 4 is 30.1 Å². The highest BCUT2D eigenvalue weighted by Gasteiger charge is 2.74. The Hall–Kier alpha value is -4.49. The van der Waals surface area contributed by atoms with Crippen LogP contribution in [0.3, 0.4) is 0 Å². The molecule has 2 aliphatic carbocycles. The number of hydrogen-bond acceptors (Lipinski definition) is 52. The van der Waals surface area contributed by atoms with Crippen LogP contribution in [0.2, 0.25) is 0 Å². The molecule has 10 heterocycles. The lowest BCUT2D eigenvalue weighted by Crippen LogP contribution is -2.74. The van der Waals surface area contributed by atoms with Gasteiger partial charge in [0.15, 0.2) is 61.9 Å². The van der Waals surface area contributed by atoms with E-state index in [1.807, 2.05) is 0 Å². The normalized spacial score (nSPS) is 49.4. The Bertz CT molecular complexity index is 3760. The summed E-state index contributed by atoms with van der Waals surface area (Å²) in [6, 6.07) is -6.75. The van der Waals surface area contributed by atoms with E-state index >= 15 is 0 Å². The number of rotatable bonds is 36. The van der Waals surface area contributed by atoms with Crippen molar-refractivity contribution in [2.45, 2.75) is 360 Å². The number of aliphatic hydroxyl groups excluding tert-OH is 24. The van der Waals surface area contributed by atoms with Gasteiger partial charge in [-0.3, -0.25) is 28.7 Å². The van der Waals surface area contributed by atoms with Gasteiger partial charge in [-0.15, -0.1) is 0 Å². The van der Waals surface area contributed by atoms with E-state index < -0.39 is 426 Å². The Morgan fingerprint density at radius 1 is 0.409 bits per heavy atom. The summed E-state index contributed by atoms with van der Waals surface area (Å²) in [4.78, 5) is 63.3. The zero-order chi connectivity index (χ0) is 96.8. The van der Waals surface area contributed by atoms with E-state index in [2.05, 4.69) is 21.3 Å². The molecule has 2 saturated carbocycles. The number of fused-ring (bicyclic) bond motifs is 2. The minimum absolute atomic E-state index is 0.189. The molecule has 21 unspecified atom stereocenters. The third kappa shape index (κ3) is 22.0. The highest BCUT2D eigenvalue weighted by atomic mass is 16.9. The van der Waals surface area contributed by atoms with Crippen LogP contribution in [0.1, 0.15) is 60.8 Å². The summed E-state index contributed by atoms with van der Waals surface area (Å²) in [7, 11) is 0. The van der Waals surface area contributed by atoms with E-state index in [0.717, 1.165) is 27.7 Å². The van der Waals surface area contributed by atoms with Crippen molar-refractivity contribution < 1.29 is 257 Å². The molecule has 132 heavy (non-hydrogen) atoms. The molecule has 0 aromatic carbocycles. The predicted octanol–water partition coefficient (Wildman–Crippen LogP) is -19.7. The number of aliphatic hydroxyl groups is 27. The second-order valence-corrected chi connectivity index (χ2v) is 35.1. The maximum absolute atomic E-state index is 13.1. The molecule has 0 aromatic heterocycles. The maximum Gasteiger partial charge on any atom is 0.334 e. The second-order valence-electron chi connectivity index (χ2n) is 35.1. The fourth-order valence-corrected chi connectivity index (χ4v) is 18.9. The number of ether oxygens (including phenoxy) is 20. The van der Waals surface area contributed by atoms with E-state index in [9.17, 15) is 162 Å². The van der Waals surface area contributed by atoms with E-state index in [4.69, 9.17) is 94.7 Å². The van der Waals surface area contributed by atoms with E-state index in [0.29, 0.717) is 0 Å². The molecule has 0 radical (unpaired) electrons. The van der Waals surface area contributed by atoms with Gasteiger partial charge in [-0.25, -0.2) is 0 Å². The third-order valence-corrected chi connectivity index (χ3v) is 26.1. The maximum atomic E-state index is 13.1. The predicted molar refractivity (Wildman–Crippen MR) is 408 cm³/mol. The van der Waals surface area contributed by atoms with Crippen LogP contribution < -0.4 is 21.3 Å². The van der Waals surface area contributed by atoms with Crippen LogP contribution in [0.15, 0.2) is 0 Å². The molecule has 12 aliphatic rings. The Morgan fingerprint density at radius 2 is 0.826 bits per heavy atom. The average Bonchev–Trinajstić information content (AvgIpc) is 1.36. The minimum Gasteiger partial charge on any atom is -0.410 e. The van der Waals surface area contributed by atoms with Crippen LogP contribution in [-0.2, 0) is 119 Å². The Kier molecular flexibility index (Phi) is 35.6. The molecule has 4 amide bonds. The van der Waals surface area contributed by atoms with Crippen molar-refractivity contribution in [3.63, 3.8) is 0 Å². The van der Waals surface area contributed by atoms with Gasteiger partial charge in [-0.05, 0) is 13.3 Å². The number of carbonyl (C=O) groups excluding carboxylic acids is 5. The zero-order valence-electron chi connectivity index (χ0n) is 71.7. The van der Waals surface area contributed by atoms with Gasteiger partial charge in [0, 0.05) is 46.0 Å². The second kappa shape index (κ2) is 44.1. The number of nitrogens with one attached hydrogen (secondary N) is 4. The van der Waals surface area contributed by atoms with Crippen molar-refractivity contribution in [1.82, 2.24) is 21.3 Å². The first kappa shape index (κ1) is 106. The number of carbonyl (C=O) groups is 5. The largest absolute Gasteiger partial charge is 0.410 e. The molecule has 56 heteroatoms. The molecular formula is C76H124N4O52. The molecule has 0 bridgehead atoms. The van der Waals surface area contributed by atoms with Gasteiger partial charge in [-0.2, -0.15) is 0 Å². The summed E-state index contributed by atoms with van der Waals surface area (Å²) in [5.41, 5.74) is 0. The Labute approximate surface area is 749 Å². The van der Waals surface area contributed by atoms with Crippen molar-refractivity contribution in [2.75, 3.05) is 59.5 Å². The number of amides is 4. The smallest absolute Gasteiger partial charge is 0.334 e. The highest BCUT2D eigenvalue weighted by Crippen LogP contribution is 2.55. The van der Waals surface area contributed by atoms with Gasteiger partial charge < -0.3 is 249 Å². The molecule has 12 fully saturated rings. The zero-order valence-corrected chi connectivity index (χ0v) is 71.7. The van der Waals surface area contributed by atoms with E-state index in [1.165, 1.54) is 13.8 Å².